The minimum absolute atomic E-state index is 0.0484. The highest BCUT2D eigenvalue weighted by Gasteiger charge is 2.18. The number of aromatic nitrogens is 2. The van der Waals surface area contributed by atoms with Crippen LogP contribution in [-0.2, 0) is 23.7 Å². The van der Waals surface area contributed by atoms with E-state index in [0.717, 1.165) is 11.4 Å². The monoisotopic (exact) mass is 194 g/mol. The van der Waals surface area contributed by atoms with E-state index in [4.69, 9.17) is 0 Å². The number of ketones is 1. The molecule has 14 heavy (non-hydrogen) atoms. The minimum Gasteiger partial charge on any atom is -0.300 e. The van der Waals surface area contributed by atoms with Crippen LogP contribution >= 0.6 is 0 Å². The fourth-order valence-corrected chi connectivity index (χ4v) is 1.29. The van der Waals surface area contributed by atoms with Crippen molar-refractivity contribution in [3.63, 3.8) is 0 Å². The second-order valence-electron chi connectivity index (χ2n) is 4.77. The van der Waals surface area contributed by atoms with E-state index in [-0.39, 0.29) is 11.2 Å². The van der Waals surface area contributed by atoms with Crippen LogP contribution in [-0.4, -0.2) is 15.6 Å². The molecule has 1 aromatic heterocycles. The third-order valence-electron chi connectivity index (χ3n) is 2.18. The molecule has 0 aliphatic carbocycles. The van der Waals surface area contributed by atoms with Gasteiger partial charge in [0, 0.05) is 24.6 Å². The molecule has 0 bridgehead atoms. The maximum Gasteiger partial charge on any atom is 0.135 e. The highest BCUT2D eigenvalue weighted by Crippen LogP contribution is 2.21. The molecule has 0 aliphatic rings. The molecule has 0 fully saturated rings. The Labute approximate surface area is 85.1 Å². The van der Waals surface area contributed by atoms with Crippen LogP contribution in [0.4, 0.5) is 0 Å². The first-order valence-corrected chi connectivity index (χ1v) is 4.83. The lowest BCUT2D eigenvalue weighted by molar-refractivity contribution is -0.116. The predicted molar refractivity (Wildman–Crippen MR) is 56.3 cm³/mol. The molecule has 78 valence electrons. The van der Waals surface area contributed by atoms with Gasteiger partial charge >= 0.3 is 0 Å². The molecular weight excluding hydrogens is 176 g/mol. The largest absolute Gasteiger partial charge is 0.300 e. The molecule has 0 saturated heterocycles. The number of carbonyl (C=O) groups excluding carboxylic acids is 1. The summed E-state index contributed by atoms with van der Waals surface area (Å²) >= 11 is 0. The maximum atomic E-state index is 11.0. The Morgan fingerprint density at radius 1 is 1.50 bits per heavy atom. The van der Waals surface area contributed by atoms with Crippen molar-refractivity contribution in [3.8, 4) is 0 Å². The fourth-order valence-electron chi connectivity index (χ4n) is 1.29. The third-order valence-corrected chi connectivity index (χ3v) is 2.18. The molecule has 0 atom stereocenters. The van der Waals surface area contributed by atoms with Crippen LogP contribution in [0.25, 0.3) is 0 Å². The van der Waals surface area contributed by atoms with Crippen molar-refractivity contribution in [2.75, 3.05) is 0 Å². The van der Waals surface area contributed by atoms with Crippen molar-refractivity contribution in [2.24, 2.45) is 7.05 Å². The Kier molecular flexibility index (Phi) is 2.79. The Hall–Kier alpha value is -1.12. The standard InChI is InChI=1S/C11H18N2O/c1-8(14)6-9-7-10(11(2,3)4)12-13(9)5/h7H,6H2,1-5H3. The molecule has 1 rings (SSSR count). The first-order valence-electron chi connectivity index (χ1n) is 4.83. The van der Waals surface area contributed by atoms with E-state index in [1.807, 2.05) is 13.1 Å². The van der Waals surface area contributed by atoms with E-state index < -0.39 is 0 Å². The summed E-state index contributed by atoms with van der Waals surface area (Å²) in [4.78, 5) is 11.0. The smallest absolute Gasteiger partial charge is 0.135 e. The van der Waals surface area contributed by atoms with Crippen molar-refractivity contribution in [3.05, 3.63) is 17.5 Å². The lowest BCUT2D eigenvalue weighted by Crippen LogP contribution is -2.12. The average Bonchev–Trinajstić information content (AvgIpc) is 2.30. The lowest BCUT2D eigenvalue weighted by atomic mass is 9.92. The van der Waals surface area contributed by atoms with Crippen LogP contribution in [0.2, 0.25) is 0 Å². The van der Waals surface area contributed by atoms with Gasteiger partial charge in [-0.3, -0.25) is 9.48 Å². The molecule has 1 aromatic rings. The van der Waals surface area contributed by atoms with E-state index in [1.54, 1.807) is 11.6 Å². The normalized spacial score (nSPS) is 11.8. The van der Waals surface area contributed by atoms with Gasteiger partial charge in [-0.1, -0.05) is 20.8 Å². The summed E-state index contributed by atoms with van der Waals surface area (Å²) in [6.07, 6.45) is 0.472. The van der Waals surface area contributed by atoms with E-state index in [1.165, 1.54) is 0 Å². The van der Waals surface area contributed by atoms with E-state index in [2.05, 4.69) is 25.9 Å². The van der Waals surface area contributed by atoms with Gasteiger partial charge in [-0.2, -0.15) is 5.10 Å². The molecule has 3 nitrogen and oxygen atoms in total. The zero-order chi connectivity index (χ0) is 10.9. The summed E-state index contributed by atoms with van der Waals surface area (Å²) in [5, 5.41) is 4.40. The molecule has 0 amide bonds. The molecule has 1 heterocycles. The summed E-state index contributed by atoms with van der Waals surface area (Å²) in [6, 6.07) is 2.02. The van der Waals surface area contributed by atoms with Gasteiger partial charge in [0.2, 0.25) is 0 Å². The first kappa shape index (κ1) is 11.0. The van der Waals surface area contributed by atoms with Crippen LogP contribution in [0.5, 0.6) is 0 Å². The second kappa shape index (κ2) is 3.56. The Bertz CT molecular complexity index is 345. The van der Waals surface area contributed by atoms with Crippen LogP contribution in [0.15, 0.2) is 6.07 Å². The van der Waals surface area contributed by atoms with Crippen LogP contribution < -0.4 is 0 Å². The van der Waals surface area contributed by atoms with E-state index in [9.17, 15) is 4.79 Å². The summed E-state index contributed by atoms with van der Waals surface area (Å²) < 4.78 is 1.79. The highest BCUT2D eigenvalue weighted by molar-refractivity contribution is 5.77. The van der Waals surface area contributed by atoms with E-state index >= 15 is 0 Å². The van der Waals surface area contributed by atoms with Crippen molar-refractivity contribution in [1.29, 1.82) is 0 Å². The van der Waals surface area contributed by atoms with Gasteiger partial charge in [-0.15, -0.1) is 0 Å². The van der Waals surface area contributed by atoms with Crippen LogP contribution in [0, 0.1) is 0 Å². The number of nitrogens with zero attached hydrogens (tertiary/aromatic N) is 2. The summed E-state index contributed by atoms with van der Waals surface area (Å²) in [7, 11) is 1.88. The molecule has 0 spiro atoms. The highest BCUT2D eigenvalue weighted by atomic mass is 16.1. The quantitative estimate of drug-likeness (QED) is 0.720. The summed E-state index contributed by atoms with van der Waals surface area (Å²) in [5.41, 5.74) is 2.07. The van der Waals surface area contributed by atoms with Gasteiger partial charge < -0.3 is 0 Å². The lowest BCUT2D eigenvalue weighted by Gasteiger charge is -2.13. The third kappa shape index (κ3) is 2.44. The summed E-state index contributed by atoms with van der Waals surface area (Å²) in [5.74, 6) is 0.174. The molecular formula is C11H18N2O. The minimum atomic E-state index is 0.0484. The Balaban J connectivity index is 2.99. The van der Waals surface area contributed by atoms with Gasteiger partial charge in [0.15, 0.2) is 0 Å². The number of carbonyl (C=O) groups is 1. The number of aryl methyl sites for hydroxylation is 1. The Morgan fingerprint density at radius 2 is 2.07 bits per heavy atom. The second-order valence-corrected chi connectivity index (χ2v) is 4.77. The average molecular weight is 194 g/mol. The van der Waals surface area contributed by atoms with Crippen molar-refractivity contribution < 1.29 is 4.79 Å². The molecule has 0 unspecified atom stereocenters. The van der Waals surface area contributed by atoms with Crippen LogP contribution in [0.3, 0.4) is 0 Å². The number of hydrogen-bond donors (Lipinski definition) is 0. The molecule has 3 heteroatoms. The maximum absolute atomic E-state index is 11.0. The zero-order valence-corrected chi connectivity index (χ0v) is 9.59. The topological polar surface area (TPSA) is 34.9 Å². The van der Waals surface area contributed by atoms with Gasteiger partial charge in [-0.05, 0) is 13.0 Å². The number of hydrogen-bond acceptors (Lipinski definition) is 2. The van der Waals surface area contributed by atoms with Crippen molar-refractivity contribution in [2.45, 2.75) is 39.5 Å². The molecule has 0 aliphatic heterocycles. The van der Waals surface area contributed by atoms with Crippen molar-refractivity contribution >= 4 is 5.78 Å². The van der Waals surface area contributed by atoms with Gasteiger partial charge in [0.25, 0.3) is 0 Å². The van der Waals surface area contributed by atoms with Gasteiger partial charge in [-0.25, -0.2) is 0 Å². The SMILES string of the molecule is CC(=O)Cc1cc(C(C)(C)C)nn1C. The molecule has 0 N–H and O–H groups in total. The van der Waals surface area contributed by atoms with Gasteiger partial charge in [0.05, 0.1) is 5.69 Å². The predicted octanol–water partition coefficient (Wildman–Crippen LogP) is 1.85. The molecule has 0 radical (unpaired) electrons. The van der Waals surface area contributed by atoms with Crippen molar-refractivity contribution in [1.82, 2.24) is 9.78 Å². The summed E-state index contributed by atoms with van der Waals surface area (Å²) in [6.45, 7) is 7.95. The van der Waals surface area contributed by atoms with Crippen LogP contribution in [0.1, 0.15) is 39.1 Å². The van der Waals surface area contributed by atoms with Gasteiger partial charge in [0.1, 0.15) is 5.78 Å². The zero-order valence-electron chi connectivity index (χ0n) is 9.59. The molecule has 0 saturated carbocycles. The molecule has 0 aromatic carbocycles. The first-order chi connectivity index (χ1) is 6.30. The Morgan fingerprint density at radius 3 is 2.43 bits per heavy atom. The fraction of sp³-hybridized carbons (Fsp3) is 0.636. The van der Waals surface area contributed by atoms with E-state index in [0.29, 0.717) is 6.42 Å². The number of rotatable bonds is 2. The number of Topliss-reactive ketones (excluding diaryl/α,β-unsaturated/α-hetero) is 1.